The maximum atomic E-state index is 13.6. The fraction of sp³-hybridized carbons (Fsp3) is 0.333. The van der Waals surface area contributed by atoms with Crippen LogP contribution in [0.15, 0.2) is 30.4 Å². The van der Waals surface area contributed by atoms with Gasteiger partial charge in [-0.25, -0.2) is 8.78 Å². The van der Waals surface area contributed by atoms with Crippen molar-refractivity contribution in [2.75, 3.05) is 6.61 Å². The molecule has 2 rings (SSSR count). The molecule has 18 heavy (non-hydrogen) atoms. The van der Waals surface area contributed by atoms with Gasteiger partial charge < -0.3 is 4.74 Å². The van der Waals surface area contributed by atoms with E-state index in [1.54, 1.807) is 0 Å². The first kappa shape index (κ1) is 12.6. The summed E-state index contributed by atoms with van der Waals surface area (Å²) in [5.41, 5.74) is 0.453. The number of rotatable bonds is 2. The van der Waals surface area contributed by atoms with Crippen molar-refractivity contribution in [3.05, 3.63) is 57.7 Å². The van der Waals surface area contributed by atoms with E-state index in [9.17, 15) is 18.9 Å². The molecule has 1 unspecified atom stereocenters. The van der Waals surface area contributed by atoms with Crippen molar-refractivity contribution < 1.29 is 18.4 Å². The summed E-state index contributed by atoms with van der Waals surface area (Å²) in [6.07, 6.45) is -0.977. The van der Waals surface area contributed by atoms with Crippen LogP contribution >= 0.6 is 0 Å². The van der Waals surface area contributed by atoms with Crippen LogP contribution in [0.5, 0.6) is 0 Å². The maximum absolute atomic E-state index is 13.6. The summed E-state index contributed by atoms with van der Waals surface area (Å²) < 4.78 is 31.9. The number of nitrogens with zero attached hydrogens (tertiary/aromatic N) is 1. The monoisotopic (exact) mass is 255 g/mol. The second kappa shape index (κ2) is 4.81. The summed E-state index contributed by atoms with van der Waals surface area (Å²) in [6, 6.07) is 1.70. The van der Waals surface area contributed by atoms with Crippen LogP contribution < -0.4 is 0 Å². The van der Waals surface area contributed by atoms with Crippen LogP contribution in [0.3, 0.4) is 0 Å². The van der Waals surface area contributed by atoms with Crippen molar-refractivity contribution in [3.63, 3.8) is 0 Å². The van der Waals surface area contributed by atoms with E-state index in [0.29, 0.717) is 5.57 Å². The number of hydrogen-bond acceptors (Lipinski definition) is 3. The second-order valence-electron chi connectivity index (χ2n) is 4.20. The predicted molar refractivity (Wildman–Crippen MR) is 59.6 cm³/mol. The highest BCUT2D eigenvalue weighted by Gasteiger charge is 2.39. The minimum absolute atomic E-state index is 0.105. The molecule has 1 aromatic carbocycles. The van der Waals surface area contributed by atoms with E-state index in [1.165, 1.54) is 0 Å². The van der Waals surface area contributed by atoms with Crippen LogP contribution in [-0.4, -0.2) is 17.6 Å². The van der Waals surface area contributed by atoms with Crippen LogP contribution in [0.4, 0.5) is 8.78 Å². The Hall–Kier alpha value is -1.82. The molecule has 1 saturated heterocycles. The van der Waals surface area contributed by atoms with Gasteiger partial charge in [0.25, 0.3) is 0 Å². The van der Waals surface area contributed by atoms with E-state index in [4.69, 9.17) is 4.74 Å². The second-order valence-corrected chi connectivity index (χ2v) is 4.20. The predicted octanol–water partition coefficient (Wildman–Crippen LogP) is 2.63. The molecule has 0 spiro atoms. The van der Waals surface area contributed by atoms with Crippen molar-refractivity contribution in [3.8, 4) is 0 Å². The first-order valence-corrected chi connectivity index (χ1v) is 5.35. The molecule has 0 aromatic heterocycles. The van der Waals surface area contributed by atoms with Crippen molar-refractivity contribution in [1.29, 1.82) is 0 Å². The lowest BCUT2D eigenvalue weighted by atomic mass is 9.94. The maximum Gasteiger partial charge on any atom is 0.246 e. The van der Waals surface area contributed by atoms with Crippen molar-refractivity contribution in [2.45, 2.75) is 18.6 Å². The lowest BCUT2D eigenvalue weighted by Gasteiger charge is -2.27. The van der Waals surface area contributed by atoms with Crippen LogP contribution in [0, 0.1) is 21.7 Å². The summed E-state index contributed by atoms with van der Waals surface area (Å²) in [4.78, 5) is 10.4. The standard InChI is InChI=1S/C12H11F2NO3/c1-7-4-11(15(16)17)12(18-6-7)9-5-8(13)2-3-10(9)14/h2-3,5,11-12H,1,4,6H2/t11?,12-/m0/s1. The van der Waals surface area contributed by atoms with Gasteiger partial charge in [0.1, 0.15) is 11.6 Å². The topological polar surface area (TPSA) is 52.4 Å². The fourth-order valence-electron chi connectivity index (χ4n) is 2.00. The van der Waals surface area contributed by atoms with Crippen LogP contribution in [0.1, 0.15) is 18.1 Å². The van der Waals surface area contributed by atoms with Crippen molar-refractivity contribution in [2.24, 2.45) is 0 Å². The largest absolute Gasteiger partial charge is 0.362 e. The fourth-order valence-corrected chi connectivity index (χ4v) is 2.00. The molecule has 1 heterocycles. The van der Waals surface area contributed by atoms with Gasteiger partial charge in [0.15, 0.2) is 6.10 Å². The summed E-state index contributed by atoms with van der Waals surface area (Å²) in [5, 5.41) is 10.9. The third-order valence-corrected chi connectivity index (χ3v) is 2.85. The third kappa shape index (κ3) is 2.38. The van der Waals surface area contributed by atoms with Gasteiger partial charge in [0.05, 0.1) is 6.61 Å². The van der Waals surface area contributed by atoms with Gasteiger partial charge >= 0.3 is 0 Å². The molecule has 1 aliphatic heterocycles. The molecule has 4 nitrogen and oxygen atoms in total. The Labute approximate surface area is 102 Å². The molecule has 1 fully saturated rings. The zero-order chi connectivity index (χ0) is 13.3. The Morgan fingerprint density at radius 1 is 1.44 bits per heavy atom. The zero-order valence-corrected chi connectivity index (χ0v) is 9.44. The third-order valence-electron chi connectivity index (χ3n) is 2.85. The van der Waals surface area contributed by atoms with Crippen molar-refractivity contribution >= 4 is 0 Å². The average molecular weight is 255 g/mol. The number of ether oxygens (including phenoxy) is 1. The first-order chi connectivity index (χ1) is 8.49. The summed E-state index contributed by atoms with van der Waals surface area (Å²) in [6.45, 7) is 3.73. The Kier molecular flexibility index (Phi) is 3.38. The Morgan fingerprint density at radius 3 is 2.83 bits per heavy atom. The minimum Gasteiger partial charge on any atom is -0.362 e. The molecular weight excluding hydrogens is 244 g/mol. The van der Waals surface area contributed by atoms with Gasteiger partial charge in [-0.05, 0) is 23.8 Å². The Balaban J connectivity index is 2.38. The highest BCUT2D eigenvalue weighted by molar-refractivity contribution is 5.24. The van der Waals surface area contributed by atoms with Crippen molar-refractivity contribution in [1.82, 2.24) is 0 Å². The van der Waals surface area contributed by atoms with Gasteiger partial charge in [-0.3, -0.25) is 10.1 Å². The lowest BCUT2D eigenvalue weighted by Crippen LogP contribution is -2.35. The normalized spacial score (nSPS) is 24.0. The molecule has 2 atom stereocenters. The van der Waals surface area contributed by atoms with E-state index in [-0.39, 0.29) is 18.6 Å². The zero-order valence-electron chi connectivity index (χ0n) is 9.44. The number of hydrogen-bond donors (Lipinski definition) is 0. The van der Waals surface area contributed by atoms with Gasteiger partial charge in [0, 0.05) is 16.9 Å². The number of halogens is 2. The van der Waals surface area contributed by atoms with E-state index in [0.717, 1.165) is 18.2 Å². The molecule has 6 heteroatoms. The van der Waals surface area contributed by atoms with E-state index in [1.807, 2.05) is 0 Å². The first-order valence-electron chi connectivity index (χ1n) is 5.35. The molecule has 96 valence electrons. The lowest BCUT2D eigenvalue weighted by molar-refractivity contribution is -0.539. The highest BCUT2D eigenvalue weighted by atomic mass is 19.1. The molecule has 1 aliphatic rings. The van der Waals surface area contributed by atoms with E-state index < -0.39 is 28.7 Å². The van der Waals surface area contributed by atoms with Gasteiger partial charge in [0.2, 0.25) is 6.04 Å². The SMILES string of the molecule is C=C1CO[C@@H](c2cc(F)ccc2F)C([N+](=O)[O-])C1. The van der Waals surface area contributed by atoms with E-state index >= 15 is 0 Å². The summed E-state index contributed by atoms with van der Waals surface area (Å²) in [7, 11) is 0. The smallest absolute Gasteiger partial charge is 0.246 e. The Morgan fingerprint density at radius 2 is 2.17 bits per heavy atom. The minimum atomic E-state index is -1.14. The highest BCUT2D eigenvalue weighted by Crippen LogP contribution is 2.33. The molecule has 0 saturated carbocycles. The summed E-state index contributed by atoms with van der Waals surface area (Å²) >= 11 is 0. The molecule has 0 aliphatic carbocycles. The number of benzene rings is 1. The van der Waals surface area contributed by atoms with E-state index in [2.05, 4.69) is 6.58 Å². The molecule has 0 bridgehead atoms. The molecule has 0 radical (unpaired) electrons. The molecule has 0 N–H and O–H groups in total. The van der Waals surface area contributed by atoms with Crippen LogP contribution in [-0.2, 0) is 4.74 Å². The van der Waals surface area contributed by atoms with Gasteiger partial charge in [-0.15, -0.1) is 0 Å². The molecule has 1 aromatic rings. The number of nitro groups is 1. The van der Waals surface area contributed by atoms with Gasteiger partial charge in [-0.1, -0.05) is 6.58 Å². The van der Waals surface area contributed by atoms with Crippen LogP contribution in [0.25, 0.3) is 0 Å². The van der Waals surface area contributed by atoms with Crippen LogP contribution in [0.2, 0.25) is 0 Å². The summed E-state index contributed by atoms with van der Waals surface area (Å²) in [5.74, 6) is -1.36. The average Bonchev–Trinajstić information content (AvgIpc) is 2.32. The molecule has 0 amide bonds. The molecular formula is C12H11F2NO3. The van der Waals surface area contributed by atoms with Gasteiger partial charge in [-0.2, -0.15) is 0 Å². The Bertz CT molecular complexity index is 504. The quantitative estimate of drug-likeness (QED) is 0.463.